The third-order valence-electron chi connectivity index (χ3n) is 0.433. The van der Waals surface area contributed by atoms with Gasteiger partial charge in [0.25, 0.3) is 0 Å². The molecule has 0 saturated heterocycles. The van der Waals surface area contributed by atoms with Crippen LogP contribution in [0.2, 0.25) is 0 Å². The Morgan fingerprint density at radius 1 is 1.00 bits per heavy atom. The van der Waals surface area contributed by atoms with Gasteiger partial charge in [-0.1, -0.05) is 13.2 Å². The molecule has 0 radical (unpaired) electrons. The van der Waals surface area contributed by atoms with Gasteiger partial charge in [0, 0.05) is 0 Å². The maximum Gasteiger partial charge on any atom is 2.00 e. The minimum absolute atomic E-state index is 0. The number of aliphatic hydroxyl groups excluding tert-OH is 2. The van der Waals surface area contributed by atoms with E-state index < -0.39 is 11.9 Å². The summed E-state index contributed by atoms with van der Waals surface area (Å²) in [6.45, 7) is 5.55. The minimum atomic E-state index is -1.23. The number of hydrogen-bond acceptors (Lipinski definition) is 6. The Balaban J connectivity index is -0.0000000590. The summed E-state index contributed by atoms with van der Waals surface area (Å²) in [5.41, 5.74) is 0. The number of aliphatic hydroxyl groups is 2. The average molecular weight is 270 g/mol. The van der Waals surface area contributed by atoms with Crippen molar-refractivity contribution in [3.63, 3.8) is 0 Å². The summed E-state index contributed by atoms with van der Waals surface area (Å²) in [7, 11) is 0. The van der Waals surface area contributed by atoms with Gasteiger partial charge in [0.05, 0.1) is 25.2 Å². The molecular weight excluding hydrogens is 257 g/mol. The molecule has 15 heavy (non-hydrogen) atoms. The van der Waals surface area contributed by atoms with E-state index in [9.17, 15) is 0 Å². The number of aliphatic carboxylic acids is 2. The number of carboxylic acids is 2. The fraction of sp³-hybridized carbons (Fsp3) is 0.250. The number of rotatable bonds is 3. The standard InChI is InChI=1S/2C3H4O2.C2H6O2.Zn/c2*1-2-3(4)5;3-1-2-4;/h2*2H,1H2,(H,4,5);3-4H,1-2H2;/q;;;+2/p-2. The van der Waals surface area contributed by atoms with Crippen LogP contribution in [-0.4, -0.2) is 35.4 Å². The second-order valence-electron chi connectivity index (χ2n) is 1.49. The maximum atomic E-state index is 9.14. The van der Waals surface area contributed by atoms with E-state index in [1.54, 1.807) is 0 Å². The molecule has 0 atom stereocenters. The van der Waals surface area contributed by atoms with Crippen LogP contribution in [0.1, 0.15) is 0 Å². The summed E-state index contributed by atoms with van der Waals surface area (Å²) in [5.74, 6) is -2.46. The molecule has 0 aliphatic carbocycles. The summed E-state index contributed by atoms with van der Waals surface area (Å²) in [4.78, 5) is 18.3. The second kappa shape index (κ2) is 23.1. The zero-order chi connectivity index (χ0) is 12.0. The van der Waals surface area contributed by atoms with Gasteiger partial charge in [-0.2, -0.15) is 0 Å². The summed E-state index contributed by atoms with van der Waals surface area (Å²) >= 11 is 0. The predicted octanol–water partition coefficient (Wildman–Crippen LogP) is -3.19. The molecule has 0 rings (SSSR count). The molecule has 0 aromatic heterocycles. The van der Waals surface area contributed by atoms with Crippen molar-refractivity contribution < 1.29 is 49.5 Å². The van der Waals surface area contributed by atoms with Crippen LogP contribution in [0.15, 0.2) is 25.3 Å². The maximum absolute atomic E-state index is 9.14. The Hall–Kier alpha value is -1.04. The number of carbonyl (C=O) groups is 2. The molecule has 82 valence electrons. The average Bonchev–Trinajstić information content (AvgIpc) is 2.19. The normalized spacial score (nSPS) is 6.27. The predicted molar refractivity (Wildman–Crippen MR) is 44.6 cm³/mol. The van der Waals surface area contributed by atoms with Gasteiger partial charge in [-0.3, -0.25) is 0 Å². The quantitative estimate of drug-likeness (QED) is 0.411. The Morgan fingerprint density at radius 3 is 1.13 bits per heavy atom. The summed E-state index contributed by atoms with van der Waals surface area (Å²) in [6.07, 6.45) is 1.44. The van der Waals surface area contributed by atoms with Crippen molar-refractivity contribution in [3.8, 4) is 0 Å². The van der Waals surface area contributed by atoms with E-state index in [1.807, 2.05) is 0 Å². The first kappa shape index (κ1) is 23.6. The van der Waals surface area contributed by atoms with E-state index in [1.165, 1.54) is 0 Å². The fourth-order valence-corrected chi connectivity index (χ4v) is 0. The number of carbonyl (C=O) groups excluding carboxylic acids is 2. The first-order valence-electron chi connectivity index (χ1n) is 3.34. The third-order valence-corrected chi connectivity index (χ3v) is 0.433. The monoisotopic (exact) mass is 268 g/mol. The number of hydrogen-bond donors (Lipinski definition) is 2. The third kappa shape index (κ3) is 99.2. The molecule has 0 aliphatic heterocycles. The molecule has 0 fully saturated rings. The van der Waals surface area contributed by atoms with Gasteiger partial charge in [0.1, 0.15) is 0 Å². The van der Waals surface area contributed by atoms with Crippen molar-refractivity contribution in [1.29, 1.82) is 0 Å². The van der Waals surface area contributed by atoms with Crippen molar-refractivity contribution in [2.45, 2.75) is 0 Å². The van der Waals surface area contributed by atoms with E-state index in [2.05, 4.69) is 13.2 Å². The molecule has 0 aromatic carbocycles. The molecule has 0 amide bonds. The molecule has 7 heteroatoms. The molecule has 0 bridgehead atoms. The van der Waals surface area contributed by atoms with E-state index >= 15 is 0 Å². The second-order valence-corrected chi connectivity index (χ2v) is 1.49. The zero-order valence-corrected chi connectivity index (χ0v) is 11.2. The molecule has 0 spiro atoms. The largest absolute Gasteiger partial charge is 2.00 e. The Morgan fingerprint density at radius 2 is 1.13 bits per heavy atom. The van der Waals surface area contributed by atoms with Gasteiger partial charge < -0.3 is 30.0 Å². The molecule has 0 unspecified atom stereocenters. The summed E-state index contributed by atoms with van der Waals surface area (Å²) in [6, 6.07) is 0. The van der Waals surface area contributed by atoms with Gasteiger partial charge in [0.2, 0.25) is 0 Å². The van der Waals surface area contributed by atoms with Gasteiger partial charge in [-0.25, -0.2) is 0 Å². The van der Waals surface area contributed by atoms with Crippen LogP contribution in [0.25, 0.3) is 0 Å². The molecule has 0 aromatic rings. The first-order chi connectivity index (χ1) is 6.45. The van der Waals surface area contributed by atoms with Gasteiger partial charge in [-0.05, 0) is 12.2 Å². The summed E-state index contributed by atoms with van der Waals surface area (Å²) in [5, 5.41) is 33.5. The van der Waals surface area contributed by atoms with Crippen LogP contribution in [0.4, 0.5) is 0 Å². The van der Waals surface area contributed by atoms with Crippen LogP contribution < -0.4 is 10.2 Å². The topological polar surface area (TPSA) is 121 Å². The molecule has 6 nitrogen and oxygen atoms in total. The molecule has 2 N–H and O–H groups in total. The molecular formula is C8H12O6Zn. The van der Waals surface area contributed by atoms with Crippen molar-refractivity contribution >= 4 is 11.9 Å². The Kier molecular flexibility index (Phi) is 36.4. The van der Waals surface area contributed by atoms with E-state index in [0.29, 0.717) is 0 Å². The van der Waals surface area contributed by atoms with Crippen LogP contribution >= 0.6 is 0 Å². The number of carboxylic acid groups (broad SMARTS) is 2. The van der Waals surface area contributed by atoms with E-state index in [-0.39, 0.29) is 32.7 Å². The van der Waals surface area contributed by atoms with Crippen molar-refractivity contribution in [2.24, 2.45) is 0 Å². The van der Waals surface area contributed by atoms with Crippen LogP contribution in [0.5, 0.6) is 0 Å². The minimum Gasteiger partial charge on any atom is -0.545 e. The fourth-order valence-electron chi connectivity index (χ4n) is 0. The molecule has 0 aliphatic rings. The van der Waals surface area contributed by atoms with Gasteiger partial charge in [0.15, 0.2) is 0 Å². The van der Waals surface area contributed by atoms with E-state index in [0.717, 1.165) is 12.2 Å². The summed E-state index contributed by atoms with van der Waals surface area (Å²) < 4.78 is 0. The van der Waals surface area contributed by atoms with Crippen molar-refractivity contribution in [1.82, 2.24) is 0 Å². The van der Waals surface area contributed by atoms with Crippen molar-refractivity contribution in [2.75, 3.05) is 13.2 Å². The SMILES string of the molecule is C=CC(=O)[O-].C=CC(=O)[O-].OCCO.[Zn+2]. The van der Waals surface area contributed by atoms with Crippen LogP contribution in [0, 0.1) is 0 Å². The smallest absolute Gasteiger partial charge is 0.545 e. The zero-order valence-electron chi connectivity index (χ0n) is 8.22. The van der Waals surface area contributed by atoms with Crippen molar-refractivity contribution in [3.05, 3.63) is 25.3 Å². The molecule has 0 heterocycles. The van der Waals surface area contributed by atoms with Gasteiger partial charge >= 0.3 is 19.5 Å². The molecule has 0 saturated carbocycles. The van der Waals surface area contributed by atoms with Gasteiger partial charge in [-0.15, -0.1) is 0 Å². The Bertz CT molecular complexity index is 160. The Labute approximate surface area is 100 Å². The van der Waals surface area contributed by atoms with Crippen LogP contribution in [-0.2, 0) is 29.1 Å². The van der Waals surface area contributed by atoms with Crippen LogP contribution in [0.3, 0.4) is 0 Å². The first-order valence-corrected chi connectivity index (χ1v) is 3.34. The van der Waals surface area contributed by atoms with E-state index in [4.69, 9.17) is 30.0 Å².